The summed E-state index contributed by atoms with van der Waals surface area (Å²) >= 11 is 3.25. The number of nitrogens with zero attached hydrogens (tertiary/aromatic N) is 3. The molecule has 1 atom stereocenters. The molecule has 0 aliphatic carbocycles. The summed E-state index contributed by atoms with van der Waals surface area (Å²) in [5.74, 6) is 1.36. The molecule has 1 unspecified atom stereocenters. The molecule has 128 valence electrons. The minimum absolute atomic E-state index is 0.115. The van der Waals surface area contributed by atoms with Crippen molar-refractivity contribution in [2.24, 2.45) is 0 Å². The number of hydrogen-bond donors (Lipinski definition) is 1. The fraction of sp³-hybridized carbons (Fsp3) is 0.471. The first kappa shape index (κ1) is 17.4. The Morgan fingerprint density at radius 3 is 3.12 bits per heavy atom. The van der Waals surface area contributed by atoms with Crippen LogP contribution in [0.5, 0.6) is 0 Å². The van der Waals surface area contributed by atoms with Gasteiger partial charge in [0.25, 0.3) is 0 Å². The highest BCUT2D eigenvalue weighted by molar-refractivity contribution is 8.00. The van der Waals surface area contributed by atoms with Gasteiger partial charge in [0.05, 0.1) is 11.4 Å². The van der Waals surface area contributed by atoms with Gasteiger partial charge in [0.2, 0.25) is 11.1 Å². The molecule has 1 aromatic heterocycles. The smallest absolute Gasteiger partial charge is 0.237 e. The summed E-state index contributed by atoms with van der Waals surface area (Å²) < 4.78 is 0. The van der Waals surface area contributed by atoms with E-state index >= 15 is 0 Å². The molecule has 0 bridgehead atoms. The van der Waals surface area contributed by atoms with Crippen molar-refractivity contribution in [3.63, 3.8) is 0 Å². The Labute approximate surface area is 151 Å². The van der Waals surface area contributed by atoms with Gasteiger partial charge in [0.15, 0.2) is 0 Å². The highest BCUT2D eigenvalue weighted by atomic mass is 32.2. The number of carbonyl (C=O) groups excluding carboxylic acids is 1. The van der Waals surface area contributed by atoms with Crippen molar-refractivity contribution in [2.75, 3.05) is 17.2 Å². The van der Waals surface area contributed by atoms with Gasteiger partial charge in [0.1, 0.15) is 5.82 Å². The van der Waals surface area contributed by atoms with Crippen LogP contribution in [-0.2, 0) is 11.2 Å². The Bertz CT molecular complexity index is 703. The first-order chi connectivity index (χ1) is 11.7. The van der Waals surface area contributed by atoms with Gasteiger partial charge in [-0.25, -0.2) is 4.98 Å². The number of H-pyrrole nitrogens is 1. The maximum Gasteiger partial charge on any atom is 0.237 e. The van der Waals surface area contributed by atoms with Gasteiger partial charge < -0.3 is 4.90 Å². The third-order valence-corrected chi connectivity index (χ3v) is 5.94. The van der Waals surface area contributed by atoms with Gasteiger partial charge in [-0.2, -0.15) is 0 Å². The van der Waals surface area contributed by atoms with Crippen LogP contribution in [0.1, 0.15) is 32.5 Å². The third kappa shape index (κ3) is 4.13. The highest BCUT2D eigenvalue weighted by Crippen LogP contribution is 2.37. The molecule has 0 fully saturated rings. The van der Waals surface area contributed by atoms with Gasteiger partial charge in [0, 0.05) is 23.1 Å². The second-order valence-corrected chi connectivity index (χ2v) is 8.26. The van der Waals surface area contributed by atoms with Crippen LogP contribution >= 0.6 is 23.5 Å². The monoisotopic (exact) mass is 362 g/mol. The Morgan fingerprint density at radius 1 is 1.46 bits per heavy atom. The number of benzene rings is 1. The number of aromatic amines is 1. The zero-order valence-corrected chi connectivity index (χ0v) is 15.6. The van der Waals surface area contributed by atoms with Crippen LogP contribution in [0.2, 0.25) is 0 Å². The first-order valence-electron chi connectivity index (χ1n) is 8.27. The molecule has 0 saturated carbocycles. The Hall–Kier alpha value is -1.47. The number of hydrogen-bond acceptors (Lipinski definition) is 5. The molecule has 5 nitrogen and oxygen atoms in total. The molecule has 3 rings (SSSR count). The molecule has 1 N–H and O–H groups in total. The van der Waals surface area contributed by atoms with Crippen LogP contribution < -0.4 is 4.90 Å². The number of aromatic nitrogens is 3. The summed E-state index contributed by atoms with van der Waals surface area (Å²) in [5.41, 5.74) is 1.03. The number of thioether (sulfide) groups is 2. The summed E-state index contributed by atoms with van der Waals surface area (Å²) in [6, 6.07) is 8.16. The maximum absolute atomic E-state index is 12.8. The topological polar surface area (TPSA) is 61.9 Å². The van der Waals surface area contributed by atoms with E-state index in [4.69, 9.17) is 0 Å². The number of amides is 1. The van der Waals surface area contributed by atoms with Crippen molar-refractivity contribution in [3.05, 3.63) is 30.1 Å². The zero-order chi connectivity index (χ0) is 16.9. The highest BCUT2D eigenvalue weighted by Gasteiger charge is 2.24. The summed E-state index contributed by atoms with van der Waals surface area (Å²) in [6.45, 7) is 5.08. The van der Waals surface area contributed by atoms with Crippen molar-refractivity contribution in [2.45, 2.75) is 48.4 Å². The van der Waals surface area contributed by atoms with Gasteiger partial charge in [-0.3, -0.25) is 9.89 Å². The Morgan fingerprint density at radius 2 is 2.29 bits per heavy atom. The fourth-order valence-electron chi connectivity index (χ4n) is 2.64. The second kappa shape index (κ2) is 8.07. The molecule has 24 heavy (non-hydrogen) atoms. The molecular weight excluding hydrogens is 340 g/mol. The summed E-state index contributed by atoms with van der Waals surface area (Å²) in [7, 11) is 0. The largest absolute Gasteiger partial charge is 0.311 e. The molecule has 7 heteroatoms. The number of fused-ring (bicyclic) bond motifs is 1. The van der Waals surface area contributed by atoms with Crippen molar-refractivity contribution in [3.8, 4) is 0 Å². The molecule has 0 saturated heterocycles. The second-order valence-electron chi connectivity index (χ2n) is 5.83. The lowest BCUT2D eigenvalue weighted by molar-refractivity contribution is -0.116. The molecule has 2 heterocycles. The number of rotatable bonds is 5. The lowest BCUT2D eigenvalue weighted by atomic mass is 10.2. The molecule has 1 amide bonds. The van der Waals surface area contributed by atoms with E-state index in [1.165, 1.54) is 16.7 Å². The van der Waals surface area contributed by atoms with Crippen LogP contribution in [0.25, 0.3) is 0 Å². The van der Waals surface area contributed by atoms with Crippen LogP contribution in [-0.4, -0.2) is 38.6 Å². The molecular formula is C17H22N4OS2. The summed E-state index contributed by atoms with van der Waals surface area (Å²) in [5, 5.41) is 8.28. The Kier molecular flexibility index (Phi) is 5.84. The van der Waals surface area contributed by atoms with Gasteiger partial charge in [-0.15, -0.1) is 16.9 Å². The number of aryl methyl sites for hydroxylation is 1. The van der Waals surface area contributed by atoms with Crippen molar-refractivity contribution in [1.82, 2.24) is 15.2 Å². The van der Waals surface area contributed by atoms with Crippen LogP contribution in [0.3, 0.4) is 0 Å². The molecule has 0 radical (unpaired) electrons. The standard InChI is InChI=1S/C17H22N4OS2/c1-3-6-15-18-17(20-19-15)23-11-16(22)21-10-9-12(2)24-14-8-5-4-7-13(14)21/h4-5,7-8,12H,3,6,9-11H2,1-2H3,(H,18,19,20). The van der Waals surface area contributed by atoms with Crippen LogP contribution in [0.4, 0.5) is 5.69 Å². The normalized spacial score (nSPS) is 17.4. The number of anilines is 1. The fourth-order valence-corrected chi connectivity index (χ4v) is 4.45. The molecule has 1 aliphatic heterocycles. The van der Waals surface area contributed by atoms with Crippen molar-refractivity contribution >= 4 is 35.1 Å². The van der Waals surface area contributed by atoms with E-state index in [2.05, 4.69) is 35.1 Å². The zero-order valence-electron chi connectivity index (χ0n) is 14.0. The van der Waals surface area contributed by atoms with E-state index in [1.807, 2.05) is 34.9 Å². The maximum atomic E-state index is 12.8. The minimum atomic E-state index is 0.115. The van der Waals surface area contributed by atoms with E-state index in [9.17, 15) is 4.79 Å². The predicted molar refractivity (Wildman–Crippen MR) is 99.8 cm³/mol. The van der Waals surface area contributed by atoms with E-state index in [1.54, 1.807) is 0 Å². The minimum Gasteiger partial charge on any atom is -0.311 e. The van der Waals surface area contributed by atoms with Crippen LogP contribution in [0, 0.1) is 0 Å². The van der Waals surface area contributed by atoms with Gasteiger partial charge in [-0.1, -0.05) is 37.7 Å². The van der Waals surface area contributed by atoms with Gasteiger partial charge in [-0.05, 0) is 25.0 Å². The number of nitrogens with one attached hydrogen (secondary N) is 1. The van der Waals surface area contributed by atoms with Gasteiger partial charge >= 0.3 is 0 Å². The van der Waals surface area contributed by atoms with Crippen molar-refractivity contribution < 1.29 is 4.79 Å². The van der Waals surface area contributed by atoms with Crippen molar-refractivity contribution in [1.29, 1.82) is 0 Å². The number of carbonyl (C=O) groups is 1. The summed E-state index contributed by atoms with van der Waals surface area (Å²) in [6.07, 6.45) is 2.91. The Balaban J connectivity index is 1.67. The lowest BCUT2D eigenvalue weighted by Crippen LogP contribution is -2.33. The van der Waals surface area contributed by atoms with E-state index in [-0.39, 0.29) is 5.91 Å². The quantitative estimate of drug-likeness (QED) is 0.821. The third-order valence-electron chi connectivity index (χ3n) is 3.87. The predicted octanol–water partition coefficient (Wildman–Crippen LogP) is 3.77. The number of para-hydroxylation sites is 1. The lowest BCUT2D eigenvalue weighted by Gasteiger charge is -2.22. The average Bonchev–Trinajstić information content (AvgIpc) is 2.94. The van der Waals surface area contributed by atoms with E-state index in [0.717, 1.165) is 37.3 Å². The SMILES string of the molecule is CCCc1nc(SCC(=O)N2CCC(C)Sc3ccccc32)n[nH]1. The molecule has 1 aromatic carbocycles. The average molecular weight is 363 g/mol. The molecule has 0 spiro atoms. The summed E-state index contributed by atoms with van der Waals surface area (Å²) in [4.78, 5) is 20.3. The van der Waals surface area contributed by atoms with E-state index in [0.29, 0.717) is 16.2 Å². The van der Waals surface area contributed by atoms with E-state index < -0.39 is 0 Å². The first-order valence-corrected chi connectivity index (χ1v) is 10.1. The van der Waals surface area contributed by atoms with Crippen LogP contribution in [0.15, 0.2) is 34.3 Å². The molecule has 2 aromatic rings. The molecule has 1 aliphatic rings.